The van der Waals surface area contributed by atoms with Gasteiger partial charge in [-0.05, 0) is 72.8 Å². The number of alkyl halides is 4. The van der Waals surface area contributed by atoms with Gasteiger partial charge in [-0.15, -0.1) is 0 Å². The van der Waals surface area contributed by atoms with Gasteiger partial charge in [0.15, 0.2) is 24.9 Å². The fourth-order valence-corrected chi connectivity index (χ4v) is 16.0. The number of fused-ring (bicyclic) bond motifs is 4. The number of benzene rings is 4. The first-order valence-electron chi connectivity index (χ1n) is 36.5. The van der Waals surface area contributed by atoms with Crippen LogP contribution in [-0.2, 0) is 99.8 Å². The van der Waals surface area contributed by atoms with Crippen molar-refractivity contribution < 1.29 is 176 Å². The Kier molecular flexibility index (Phi) is 22.7. The van der Waals surface area contributed by atoms with E-state index in [2.05, 4.69) is 13.8 Å². The van der Waals surface area contributed by atoms with E-state index in [0.717, 1.165) is 110 Å². The van der Waals surface area contributed by atoms with Gasteiger partial charge in [0.1, 0.15) is 121 Å². The molecule has 12 heterocycles. The molecule has 16 rings (SSSR count). The second kappa shape index (κ2) is 34.0. The summed E-state index contributed by atoms with van der Waals surface area (Å²) in [6, 6.07) is 16.0. The molecule has 56 heteroatoms. The number of nitrogens with one attached hydrogen (secondary N) is 4. The number of hydrogen-bond acceptors (Lipinski definition) is 36. The molecule has 12 N–H and O–H groups in total. The molecule has 120 heavy (non-hydrogen) atoms. The monoisotopic (exact) mass is 1800 g/mol. The summed E-state index contributed by atoms with van der Waals surface area (Å²) in [6.45, 7) is -12.0. The number of phosphoric acid groups is 4. The molecule has 4 aromatic heterocycles. The van der Waals surface area contributed by atoms with Crippen molar-refractivity contribution in [1.82, 2.24) is 38.2 Å². The summed E-state index contributed by atoms with van der Waals surface area (Å²) < 4.78 is 293. The van der Waals surface area contributed by atoms with Crippen LogP contribution in [0.25, 0.3) is 0 Å². The van der Waals surface area contributed by atoms with Crippen molar-refractivity contribution in [3.8, 4) is 23.0 Å². The van der Waals surface area contributed by atoms with Gasteiger partial charge >= 0.3 is 54.0 Å². The Morgan fingerprint density at radius 1 is 0.375 bits per heavy atom. The van der Waals surface area contributed by atoms with Gasteiger partial charge in [0.05, 0.1) is 34.7 Å². The third-order valence-corrected chi connectivity index (χ3v) is 22.3. The van der Waals surface area contributed by atoms with Gasteiger partial charge in [-0.25, -0.2) is 72.6 Å². The summed E-state index contributed by atoms with van der Waals surface area (Å²) in [6.07, 6.45) is -25.8. The van der Waals surface area contributed by atoms with E-state index in [1.165, 1.54) is 6.07 Å². The molecule has 8 aliphatic heterocycles. The fourth-order valence-electron chi connectivity index (χ4n) is 11.3. The van der Waals surface area contributed by atoms with Crippen LogP contribution in [0.5, 0.6) is 23.0 Å². The van der Waals surface area contributed by atoms with E-state index in [-0.39, 0.29) is 63.0 Å². The van der Waals surface area contributed by atoms with Crippen LogP contribution in [-0.4, -0.2) is 178 Å². The number of halogens is 8. The smallest absolute Gasteiger partial charge is 0.404 e. The summed E-state index contributed by atoms with van der Waals surface area (Å²) >= 11 is 0. The summed E-state index contributed by atoms with van der Waals surface area (Å²) in [5.41, 5.74) is -7.28. The Balaban J connectivity index is 0.000000144. The Morgan fingerprint density at radius 2 is 0.625 bits per heavy atom. The molecule has 4 aromatic carbocycles. The summed E-state index contributed by atoms with van der Waals surface area (Å²) in [5.74, 6) is -17.3. The first-order chi connectivity index (χ1) is 58.6. The maximum Gasteiger partial charge on any atom is 0.530 e. The largest absolute Gasteiger partial charge is 0.530 e. The average Bonchev–Trinajstić information content (AvgIpc) is 1.37. The molecule has 0 bridgehead atoms. The minimum atomic E-state index is -4.94. The number of hydrogen-bond donors (Lipinski definition) is 12. The maximum absolute atomic E-state index is 15.7. The number of H-pyrrole nitrogens is 4. The van der Waals surface area contributed by atoms with Crippen LogP contribution in [0, 0.1) is 23.3 Å². The van der Waals surface area contributed by atoms with Gasteiger partial charge < -0.3 is 77.9 Å². The molecule has 0 radical (unpaired) electrons. The molecule has 0 saturated carbocycles. The van der Waals surface area contributed by atoms with Gasteiger partial charge in [0, 0.05) is 71.3 Å². The molecule has 4 fully saturated rings. The molecule has 20 atom stereocenters. The van der Waals surface area contributed by atoms with Crippen molar-refractivity contribution in [3.63, 3.8) is 0 Å². The third kappa shape index (κ3) is 18.7. The lowest BCUT2D eigenvalue weighted by Crippen LogP contribution is -2.43. The van der Waals surface area contributed by atoms with Crippen LogP contribution < -0.4 is 63.1 Å². The molecule has 8 aliphatic rings. The molecule has 0 spiro atoms. The number of aliphatic hydroxyl groups excluding tert-OH is 8. The average molecular weight is 1800 g/mol. The van der Waals surface area contributed by atoms with Gasteiger partial charge in [0.25, 0.3) is 45.7 Å². The highest BCUT2D eigenvalue weighted by atomic mass is 31.2. The molecule has 0 aliphatic carbocycles. The van der Waals surface area contributed by atoms with E-state index in [9.17, 15) is 115 Å². The number of ether oxygens (including phenoxy) is 4. The molecule has 648 valence electrons. The number of aromatic amines is 4. The van der Waals surface area contributed by atoms with Gasteiger partial charge in [0.2, 0.25) is 0 Å². The summed E-state index contributed by atoms with van der Waals surface area (Å²) in [4.78, 5) is 99.8. The lowest BCUT2D eigenvalue weighted by Gasteiger charge is -2.28. The summed E-state index contributed by atoms with van der Waals surface area (Å²) in [5, 5.41) is 81.3. The van der Waals surface area contributed by atoms with E-state index >= 15 is 17.6 Å². The first-order valence-corrected chi connectivity index (χ1v) is 39.3. The standard InChI is InChI=1S/4C16H15F2N2O9P/c4*17-9-1-2-10-8(5-9)6-26-30(25,29-10)27-7-16(18)13(23)12(22)14(28-16)20-4-3-11(21)19-15(20)24/h4*1-5,12-14,22-23H,6-7H2,(H,19,21,24)/t4*12-,13+,14-,16-,30?/m1111/s1/i7D2,14D;14D;7D2;. The normalized spacial score (nSPS) is 35.3. The molecular formula is C64H60F8N8O36P4. The van der Waals surface area contributed by atoms with Crippen LogP contribution in [0.2, 0.25) is 0 Å². The predicted octanol–water partition coefficient (Wildman–Crippen LogP) is 1.30. The second-order valence-electron chi connectivity index (χ2n) is 25.6. The van der Waals surface area contributed by atoms with Crippen LogP contribution in [0.4, 0.5) is 35.1 Å². The van der Waals surface area contributed by atoms with Crippen LogP contribution in [0.15, 0.2) is 160 Å². The predicted molar refractivity (Wildman–Crippen MR) is 371 cm³/mol. The van der Waals surface area contributed by atoms with Crippen molar-refractivity contribution >= 4 is 31.3 Å². The van der Waals surface area contributed by atoms with E-state index in [4.69, 9.17) is 67.7 Å². The molecule has 4 unspecified atom stereocenters. The minimum Gasteiger partial charge on any atom is -0.404 e. The Morgan fingerprint density at radius 3 is 0.942 bits per heavy atom. The molecule has 8 aromatic rings. The van der Waals surface area contributed by atoms with Crippen molar-refractivity contribution in [3.05, 3.63) is 251 Å². The molecule has 44 nitrogen and oxygen atoms in total. The zero-order valence-corrected chi connectivity index (χ0v) is 62.8. The molecule has 4 saturated heterocycles. The number of rotatable bonds is 16. The van der Waals surface area contributed by atoms with Crippen LogP contribution in [0.3, 0.4) is 0 Å². The highest BCUT2D eigenvalue weighted by Gasteiger charge is 2.62. The lowest BCUT2D eigenvalue weighted by atomic mass is 10.1. The molecular weight excluding hydrogens is 1730 g/mol. The van der Waals surface area contributed by atoms with E-state index in [1.807, 2.05) is 9.97 Å². The number of aliphatic hydroxyl groups is 8. The first kappa shape index (κ1) is 80.1. The van der Waals surface area contributed by atoms with Crippen molar-refractivity contribution in [2.75, 3.05) is 26.3 Å². The fraction of sp³-hybridized carbons (Fsp3) is 0.375. The number of phosphoric ester groups is 4. The van der Waals surface area contributed by atoms with Crippen molar-refractivity contribution in [2.24, 2.45) is 0 Å². The van der Waals surface area contributed by atoms with E-state index < -0.39 is 236 Å². The van der Waals surface area contributed by atoms with E-state index in [1.54, 1.807) is 9.97 Å². The number of aromatic nitrogens is 8. The second-order valence-corrected chi connectivity index (χ2v) is 31.8. The topological polar surface area (TPSA) is 597 Å². The van der Waals surface area contributed by atoms with Crippen LogP contribution in [0.1, 0.15) is 55.3 Å². The number of nitrogens with zero attached hydrogens (tertiary/aromatic N) is 4. The van der Waals surface area contributed by atoms with E-state index in [0.29, 0.717) is 19.9 Å². The summed E-state index contributed by atoms with van der Waals surface area (Å²) in [7, 11) is -18.6. The van der Waals surface area contributed by atoms with Crippen molar-refractivity contribution in [2.45, 2.75) is 124 Å². The van der Waals surface area contributed by atoms with Gasteiger partial charge in [-0.3, -0.25) is 93.6 Å². The zero-order valence-electron chi connectivity index (χ0n) is 65.2. The Labute approximate surface area is 667 Å². The van der Waals surface area contributed by atoms with Crippen molar-refractivity contribution in [1.29, 1.82) is 0 Å². The highest BCUT2D eigenvalue weighted by molar-refractivity contribution is 7.49. The minimum absolute atomic E-state index is 0.00415. The Bertz CT molecular complexity index is 6310. The Hall–Kier alpha value is -9.64. The zero-order chi connectivity index (χ0) is 92.2. The van der Waals surface area contributed by atoms with Gasteiger partial charge in [-0.1, -0.05) is 0 Å². The van der Waals surface area contributed by atoms with Gasteiger partial charge in [-0.2, -0.15) is 0 Å². The quantitative estimate of drug-likeness (QED) is 0.0479. The molecule has 0 amide bonds. The maximum atomic E-state index is 15.7. The third-order valence-electron chi connectivity index (χ3n) is 17.4. The lowest BCUT2D eigenvalue weighted by molar-refractivity contribution is -0.205. The SMILES string of the molecule is O=c1ccn([C@@H]2O[C@](F)(COP3(=O)OCc4cc(F)ccc4O3)[C@@H](O)[C@H]2O)c(=O)[nH]1.[2H]C([2H])(OP1(=O)OCc2cc(F)ccc2O1)[C@@]1(F)O[C@@H](n2ccc(=O)[nH]c2=O)[C@H](O)[C@@H]1O.[2H]C([2H])(OP1(=O)OCc2cc(F)ccc2O1)[C@@]1(F)O[C@@]([2H])(n2ccc(=O)[nH]c2=O)[C@H](O)[C@@H]1O.[2H][C@@]1(n2ccc(=O)[nH]c2=O)O[C@](F)(COP2(=O)OCc3cc(F)ccc3O2)[C@@H](O)[C@H]1O. The van der Waals surface area contributed by atoms with Crippen LogP contribution >= 0.6 is 31.3 Å². The highest BCUT2D eigenvalue weighted by Crippen LogP contribution is 2.60.